The summed E-state index contributed by atoms with van der Waals surface area (Å²) in [7, 11) is 4.24. The molecule has 1 N–H and O–H groups in total. The van der Waals surface area contributed by atoms with Crippen molar-refractivity contribution < 1.29 is 0 Å². The van der Waals surface area contributed by atoms with Crippen LogP contribution in [0, 0.1) is 12.8 Å². The number of thiazole rings is 1. The summed E-state index contributed by atoms with van der Waals surface area (Å²) >= 11 is 1.73. The van der Waals surface area contributed by atoms with Crippen LogP contribution < -0.4 is 5.32 Å². The molecule has 0 aliphatic carbocycles. The maximum Gasteiger partial charge on any atom is 0.0798 e. The van der Waals surface area contributed by atoms with Crippen molar-refractivity contribution in [3.63, 3.8) is 0 Å². The van der Waals surface area contributed by atoms with Gasteiger partial charge in [0.05, 0.1) is 11.2 Å². The monoisotopic (exact) mass is 241 g/mol. The second-order valence-corrected chi connectivity index (χ2v) is 5.79. The number of aromatic nitrogens is 1. The van der Waals surface area contributed by atoms with Crippen molar-refractivity contribution in [3.05, 3.63) is 16.1 Å². The van der Waals surface area contributed by atoms with Gasteiger partial charge in [-0.15, -0.1) is 11.3 Å². The topological polar surface area (TPSA) is 28.2 Å². The molecule has 4 heteroatoms. The van der Waals surface area contributed by atoms with Gasteiger partial charge in [-0.1, -0.05) is 13.8 Å². The zero-order valence-electron chi connectivity index (χ0n) is 10.9. The molecule has 0 aliphatic heterocycles. The highest BCUT2D eigenvalue weighted by Crippen LogP contribution is 2.12. The van der Waals surface area contributed by atoms with E-state index in [0.29, 0.717) is 12.0 Å². The quantitative estimate of drug-likeness (QED) is 0.827. The highest BCUT2D eigenvalue weighted by Gasteiger charge is 2.14. The molecule has 1 atom stereocenters. The van der Waals surface area contributed by atoms with Gasteiger partial charge in [-0.25, -0.2) is 4.98 Å². The van der Waals surface area contributed by atoms with E-state index in [2.05, 4.69) is 50.1 Å². The molecule has 1 aromatic rings. The lowest BCUT2D eigenvalue weighted by molar-refractivity contribution is 0.288. The van der Waals surface area contributed by atoms with Gasteiger partial charge in [-0.05, 0) is 26.9 Å². The Hall–Kier alpha value is -0.450. The molecular formula is C12H23N3S. The molecule has 3 nitrogen and oxygen atoms in total. The van der Waals surface area contributed by atoms with E-state index < -0.39 is 0 Å². The first-order chi connectivity index (χ1) is 7.50. The fourth-order valence-corrected chi connectivity index (χ4v) is 2.35. The minimum Gasteiger partial charge on any atom is -0.308 e. The van der Waals surface area contributed by atoms with Crippen molar-refractivity contribution in [3.8, 4) is 0 Å². The van der Waals surface area contributed by atoms with Crippen LogP contribution in [-0.2, 0) is 6.54 Å². The first-order valence-electron chi connectivity index (χ1n) is 5.77. The minimum atomic E-state index is 0.538. The van der Waals surface area contributed by atoms with Crippen LogP contribution in [0.3, 0.4) is 0 Å². The molecule has 0 fully saturated rings. The minimum absolute atomic E-state index is 0.538. The Morgan fingerprint density at radius 3 is 2.56 bits per heavy atom. The lowest BCUT2D eigenvalue weighted by atomic mass is 10.0. The summed E-state index contributed by atoms with van der Waals surface area (Å²) in [5.74, 6) is 0.649. The summed E-state index contributed by atoms with van der Waals surface area (Å²) in [5, 5.41) is 3.62. The normalized spacial score (nSPS) is 13.7. The molecule has 0 aromatic carbocycles. The van der Waals surface area contributed by atoms with E-state index in [1.807, 2.05) is 5.51 Å². The van der Waals surface area contributed by atoms with E-state index in [-0.39, 0.29) is 0 Å². The molecule has 0 saturated carbocycles. The zero-order chi connectivity index (χ0) is 12.1. The zero-order valence-corrected chi connectivity index (χ0v) is 11.8. The molecule has 1 unspecified atom stereocenters. The average Bonchev–Trinajstić information content (AvgIpc) is 2.57. The Morgan fingerprint density at radius 2 is 2.12 bits per heavy atom. The molecule has 0 bridgehead atoms. The summed E-state index contributed by atoms with van der Waals surface area (Å²) < 4.78 is 0. The second kappa shape index (κ2) is 6.33. The van der Waals surface area contributed by atoms with E-state index in [4.69, 9.17) is 0 Å². The van der Waals surface area contributed by atoms with Crippen LogP contribution in [0.1, 0.15) is 24.4 Å². The van der Waals surface area contributed by atoms with Crippen molar-refractivity contribution in [1.29, 1.82) is 0 Å². The molecule has 0 aliphatic rings. The van der Waals surface area contributed by atoms with E-state index in [9.17, 15) is 0 Å². The van der Waals surface area contributed by atoms with E-state index >= 15 is 0 Å². The molecule has 1 rings (SSSR count). The molecule has 1 aromatic heterocycles. The molecule has 0 radical (unpaired) electrons. The Labute approximate surface area is 103 Å². The number of rotatable bonds is 6. The molecule has 0 amide bonds. The average molecular weight is 241 g/mol. The van der Waals surface area contributed by atoms with Gasteiger partial charge in [0.1, 0.15) is 0 Å². The van der Waals surface area contributed by atoms with Crippen LogP contribution in [0.15, 0.2) is 5.51 Å². The van der Waals surface area contributed by atoms with Crippen molar-refractivity contribution in [2.24, 2.45) is 5.92 Å². The van der Waals surface area contributed by atoms with E-state index in [1.165, 1.54) is 4.88 Å². The van der Waals surface area contributed by atoms with Crippen LogP contribution in [0.5, 0.6) is 0 Å². The van der Waals surface area contributed by atoms with Crippen molar-refractivity contribution >= 4 is 11.3 Å². The fraction of sp³-hybridized carbons (Fsp3) is 0.750. The summed E-state index contributed by atoms with van der Waals surface area (Å²) in [5.41, 5.74) is 3.08. The first-order valence-corrected chi connectivity index (χ1v) is 6.65. The molecule has 1 heterocycles. The van der Waals surface area contributed by atoms with Crippen molar-refractivity contribution in [1.82, 2.24) is 15.2 Å². The maximum atomic E-state index is 4.27. The van der Waals surface area contributed by atoms with Crippen LogP contribution in [0.4, 0.5) is 0 Å². The number of hydrogen-bond acceptors (Lipinski definition) is 4. The third-order valence-electron chi connectivity index (χ3n) is 2.74. The molecular weight excluding hydrogens is 218 g/mol. The number of nitrogens with one attached hydrogen (secondary N) is 1. The number of hydrogen-bond donors (Lipinski definition) is 1. The fourth-order valence-electron chi connectivity index (χ4n) is 1.62. The highest BCUT2D eigenvalue weighted by molar-refractivity contribution is 7.09. The van der Waals surface area contributed by atoms with Gasteiger partial charge in [0.2, 0.25) is 0 Å². The van der Waals surface area contributed by atoms with Gasteiger partial charge in [0, 0.05) is 24.0 Å². The van der Waals surface area contributed by atoms with Crippen molar-refractivity contribution in [2.45, 2.75) is 33.4 Å². The Balaban J connectivity index is 2.47. The predicted octanol–water partition coefficient (Wildman–Crippen LogP) is 2.13. The highest BCUT2D eigenvalue weighted by atomic mass is 32.1. The SMILES string of the molecule is Cc1ncsc1CNC(CN(C)C)C(C)C. The molecule has 92 valence electrons. The van der Waals surface area contributed by atoms with Crippen LogP contribution in [-0.4, -0.2) is 36.6 Å². The summed E-state index contributed by atoms with van der Waals surface area (Å²) in [4.78, 5) is 7.85. The van der Waals surface area contributed by atoms with Crippen LogP contribution in [0.2, 0.25) is 0 Å². The Kier molecular flexibility index (Phi) is 5.38. The van der Waals surface area contributed by atoms with Gasteiger partial charge >= 0.3 is 0 Å². The third kappa shape index (κ3) is 4.20. The van der Waals surface area contributed by atoms with Gasteiger partial charge in [0.15, 0.2) is 0 Å². The summed E-state index contributed by atoms with van der Waals surface area (Å²) in [6.45, 7) is 8.62. The summed E-state index contributed by atoms with van der Waals surface area (Å²) in [6.07, 6.45) is 0. The van der Waals surface area contributed by atoms with E-state index in [1.54, 1.807) is 11.3 Å². The second-order valence-electron chi connectivity index (χ2n) is 4.85. The molecule has 16 heavy (non-hydrogen) atoms. The number of nitrogens with zero attached hydrogens (tertiary/aromatic N) is 2. The largest absolute Gasteiger partial charge is 0.308 e. The predicted molar refractivity (Wildman–Crippen MR) is 70.9 cm³/mol. The summed E-state index contributed by atoms with van der Waals surface area (Å²) in [6, 6.07) is 0.538. The van der Waals surface area contributed by atoms with E-state index in [0.717, 1.165) is 18.8 Å². The Morgan fingerprint density at radius 1 is 1.44 bits per heavy atom. The first kappa shape index (κ1) is 13.6. The number of aryl methyl sites for hydroxylation is 1. The lowest BCUT2D eigenvalue weighted by Gasteiger charge is -2.25. The van der Waals surface area contributed by atoms with Crippen LogP contribution >= 0.6 is 11.3 Å². The lowest BCUT2D eigenvalue weighted by Crippen LogP contribution is -2.41. The number of likely N-dealkylation sites (N-methyl/N-ethyl adjacent to an activating group) is 1. The molecule has 0 spiro atoms. The van der Waals surface area contributed by atoms with Gasteiger partial charge in [-0.2, -0.15) is 0 Å². The van der Waals surface area contributed by atoms with Gasteiger partial charge in [0.25, 0.3) is 0 Å². The van der Waals surface area contributed by atoms with Crippen LogP contribution in [0.25, 0.3) is 0 Å². The molecule has 0 saturated heterocycles. The standard InChI is InChI=1S/C12H23N3S/c1-9(2)11(7-15(4)5)13-6-12-10(3)14-8-16-12/h8-9,11,13H,6-7H2,1-5H3. The van der Waals surface area contributed by atoms with Gasteiger partial charge < -0.3 is 10.2 Å². The third-order valence-corrected chi connectivity index (χ3v) is 3.67. The van der Waals surface area contributed by atoms with Gasteiger partial charge in [-0.3, -0.25) is 0 Å². The Bertz CT molecular complexity index is 307. The maximum absolute atomic E-state index is 4.27. The van der Waals surface area contributed by atoms with Crippen molar-refractivity contribution in [2.75, 3.05) is 20.6 Å². The smallest absolute Gasteiger partial charge is 0.0798 e.